The number of hydrogen-bond acceptors (Lipinski definition) is 2. The van der Waals surface area contributed by atoms with Gasteiger partial charge in [-0.05, 0) is 18.6 Å². The van der Waals surface area contributed by atoms with Gasteiger partial charge in [0.25, 0.3) is 0 Å². The number of alkyl halides is 3. The maximum atomic E-state index is 11.8. The van der Waals surface area contributed by atoms with Crippen LogP contribution in [0.3, 0.4) is 0 Å². The number of hydrogen-bond donors (Lipinski definition) is 2. The number of para-hydroxylation sites is 1. The number of rotatable bonds is 7. The quantitative estimate of drug-likeness (QED) is 0.437. The lowest BCUT2D eigenvalue weighted by atomic mass is 10.2. The topological polar surface area (TPSA) is 41.1 Å². The molecule has 0 saturated carbocycles. The van der Waals surface area contributed by atoms with Crippen LogP contribution >= 0.6 is 34.8 Å². The van der Waals surface area contributed by atoms with Crippen molar-refractivity contribution in [2.75, 3.05) is 5.32 Å². The minimum atomic E-state index is -1.63. The molecule has 0 aliphatic heterocycles. The summed E-state index contributed by atoms with van der Waals surface area (Å²) in [7, 11) is 0. The molecule has 1 atom stereocenters. The van der Waals surface area contributed by atoms with Crippen molar-refractivity contribution in [3.05, 3.63) is 30.3 Å². The average molecular weight is 338 g/mol. The molecule has 3 nitrogen and oxygen atoms in total. The van der Waals surface area contributed by atoms with Crippen LogP contribution in [-0.2, 0) is 4.79 Å². The molecule has 1 unspecified atom stereocenters. The summed E-state index contributed by atoms with van der Waals surface area (Å²) in [5.74, 6) is -0.127. The van der Waals surface area contributed by atoms with Crippen molar-refractivity contribution in [1.29, 1.82) is 0 Å². The van der Waals surface area contributed by atoms with E-state index in [9.17, 15) is 4.79 Å². The summed E-state index contributed by atoms with van der Waals surface area (Å²) < 4.78 is -1.63. The fraction of sp³-hybridized carbons (Fsp3) is 0.500. The molecule has 0 fully saturated rings. The van der Waals surface area contributed by atoms with Crippen LogP contribution in [0.1, 0.15) is 32.6 Å². The van der Waals surface area contributed by atoms with E-state index >= 15 is 0 Å². The second kappa shape index (κ2) is 8.60. The third-order valence-corrected chi connectivity index (χ3v) is 3.38. The van der Waals surface area contributed by atoms with Crippen LogP contribution in [0, 0.1) is 0 Å². The fourth-order valence-corrected chi connectivity index (χ4v) is 2.00. The lowest BCUT2D eigenvalue weighted by molar-refractivity contribution is -0.121. The van der Waals surface area contributed by atoms with Crippen molar-refractivity contribution in [2.24, 2.45) is 0 Å². The van der Waals surface area contributed by atoms with E-state index in [1.54, 1.807) is 0 Å². The Hall–Kier alpha value is -0.640. The van der Waals surface area contributed by atoms with Gasteiger partial charge in [-0.2, -0.15) is 0 Å². The van der Waals surface area contributed by atoms with Gasteiger partial charge in [-0.15, -0.1) is 0 Å². The lowest BCUT2D eigenvalue weighted by Crippen LogP contribution is -2.49. The summed E-state index contributed by atoms with van der Waals surface area (Å²) in [5, 5.41) is 5.73. The van der Waals surface area contributed by atoms with E-state index < -0.39 is 9.96 Å². The molecule has 0 aromatic heterocycles. The van der Waals surface area contributed by atoms with Crippen LogP contribution in [0.2, 0.25) is 0 Å². The van der Waals surface area contributed by atoms with Crippen molar-refractivity contribution in [3.63, 3.8) is 0 Å². The summed E-state index contributed by atoms with van der Waals surface area (Å²) in [6, 6.07) is 9.29. The molecule has 1 aromatic rings. The Kier molecular flexibility index (Phi) is 7.49. The molecule has 0 saturated heterocycles. The van der Waals surface area contributed by atoms with E-state index in [1.807, 2.05) is 30.3 Å². The molecule has 0 aliphatic rings. The van der Waals surface area contributed by atoms with E-state index in [-0.39, 0.29) is 5.91 Å². The second-order valence-electron chi connectivity index (χ2n) is 4.51. The van der Waals surface area contributed by atoms with Gasteiger partial charge in [-0.25, -0.2) is 0 Å². The van der Waals surface area contributed by atoms with Crippen molar-refractivity contribution in [3.8, 4) is 0 Å². The Morgan fingerprint density at radius 1 is 1.20 bits per heavy atom. The highest BCUT2D eigenvalue weighted by Crippen LogP contribution is 2.31. The molecule has 2 N–H and O–H groups in total. The highest BCUT2D eigenvalue weighted by atomic mass is 35.6. The first-order valence-corrected chi connectivity index (χ1v) is 7.74. The molecule has 0 radical (unpaired) electrons. The van der Waals surface area contributed by atoms with Crippen LogP contribution in [0.4, 0.5) is 5.69 Å². The number of unbranched alkanes of at least 4 members (excludes halogenated alkanes) is 2. The highest BCUT2D eigenvalue weighted by Gasteiger charge is 2.33. The Balaban J connectivity index is 2.59. The summed E-state index contributed by atoms with van der Waals surface area (Å²) in [6.45, 7) is 2.08. The third-order valence-electron chi connectivity index (χ3n) is 2.72. The number of carbonyl (C=O) groups excluding carboxylic acids is 1. The molecule has 0 bridgehead atoms. The number of benzene rings is 1. The number of carbonyl (C=O) groups is 1. The van der Waals surface area contributed by atoms with Gasteiger partial charge in [0, 0.05) is 12.1 Å². The summed E-state index contributed by atoms with van der Waals surface area (Å²) in [4.78, 5) is 11.8. The molecule has 1 amide bonds. The summed E-state index contributed by atoms with van der Waals surface area (Å²) in [5.41, 5.74) is 0.776. The molecule has 0 spiro atoms. The smallest absolute Gasteiger partial charge is 0.228 e. The van der Waals surface area contributed by atoms with E-state index in [0.29, 0.717) is 6.42 Å². The van der Waals surface area contributed by atoms with Gasteiger partial charge in [0.15, 0.2) is 0 Å². The maximum absolute atomic E-state index is 11.8. The number of amides is 1. The molecule has 0 aliphatic carbocycles. The summed E-state index contributed by atoms with van der Waals surface area (Å²) >= 11 is 17.7. The molecule has 20 heavy (non-hydrogen) atoms. The lowest BCUT2D eigenvalue weighted by Gasteiger charge is -2.27. The average Bonchev–Trinajstić information content (AvgIpc) is 2.38. The molecule has 0 heterocycles. The van der Waals surface area contributed by atoms with Crippen molar-refractivity contribution in [1.82, 2.24) is 5.32 Å². The van der Waals surface area contributed by atoms with Gasteiger partial charge in [-0.3, -0.25) is 4.79 Å². The van der Waals surface area contributed by atoms with Crippen molar-refractivity contribution < 1.29 is 4.79 Å². The number of nitrogens with one attached hydrogen (secondary N) is 2. The first kappa shape index (κ1) is 17.4. The van der Waals surface area contributed by atoms with Gasteiger partial charge in [0.2, 0.25) is 9.70 Å². The minimum Gasteiger partial charge on any atom is -0.362 e. The first-order valence-electron chi connectivity index (χ1n) is 6.61. The van der Waals surface area contributed by atoms with E-state index in [1.165, 1.54) is 0 Å². The SMILES string of the molecule is CCCCCC(=O)NC(Nc1ccccc1)C(Cl)(Cl)Cl. The highest BCUT2D eigenvalue weighted by molar-refractivity contribution is 6.68. The predicted molar refractivity (Wildman–Crippen MR) is 86.4 cm³/mol. The molecule has 1 rings (SSSR count). The molecule has 112 valence electrons. The Morgan fingerprint density at radius 3 is 2.40 bits per heavy atom. The Labute approximate surface area is 135 Å². The Bertz CT molecular complexity index is 407. The standard InChI is InChI=1S/C14H19Cl3N2O/c1-2-3-5-10-12(20)19-13(14(15,16)17)18-11-8-6-4-7-9-11/h4,6-9,13,18H,2-3,5,10H2,1H3,(H,19,20). The van der Waals surface area contributed by atoms with Crippen LogP contribution in [-0.4, -0.2) is 15.9 Å². The van der Waals surface area contributed by atoms with Crippen LogP contribution < -0.4 is 10.6 Å². The monoisotopic (exact) mass is 336 g/mol. The minimum absolute atomic E-state index is 0.127. The second-order valence-corrected chi connectivity index (χ2v) is 6.88. The number of anilines is 1. The van der Waals surface area contributed by atoms with Gasteiger partial charge in [-0.1, -0.05) is 72.8 Å². The molecular weight excluding hydrogens is 319 g/mol. The molecule has 6 heteroatoms. The van der Waals surface area contributed by atoms with Crippen LogP contribution in [0.25, 0.3) is 0 Å². The van der Waals surface area contributed by atoms with Crippen molar-refractivity contribution in [2.45, 2.75) is 42.6 Å². The van der Waals surface area contributed by atoms with Crippen LogP contribution in [0.5, 0.6) is 0 Å². The van der Waals surface area contributed by atoms with Gasteiger partial charge in [0.1, 0.15) is 6.17 Å². The van der Waals surface area contributed by atoms with Gasteiger partial charge < -0.3 is 10.6 Å². The first-order chi connectivity index (χ1) is 9.43. The predicted octanol–water partition coefficient (Wildman–Crippen LogP) is 4.49. The fourth-order valence-electron chi connectivity index (χ4n) is 1.67. The van der Waals surface area contributed by atoms with Gasteiger partial charge in [0.05, 0.1) is 0 Å². The zero-order chi connectivity index (χ0) is 15.0. The number of halogens is 3. The van der Waals surface area contributed by atoms with E-state index in [4.69, 9.17) is 34.8 Å². The van der Waals surface area contributed by atoms with E-state index in [0.717, 1.165) is 24.9 Å². The zero-order valence-electron chi connectivity index (χ0n) is 11.3. The third kappa shape index (κ3) is 6.69. The normalized spacial score (nSPS) is 12.8. The Morgan fingerprint density at radius 2 is 1.85 bits per heavy atom. The van der Waals surface area contributed by atoms with E-state index in [2.05, 4.69) is 17.6 Å². The van der Waals surface area contributed by atoms with Crippen LogP contribution in [0.15, 0.2) is 30.3 Å². The zero-order valence-corrected chi connectivity index (χ0v) is 13.6. The maximum Gasteiger partial charge on any atom is 0.228 e. The molecule has 1 aromatic carbocycles. The summed E-state index contributed by atoms with van der Waals surface area (Å²) in [6.07, 6.45) is 2.56. The van der Waals surface area contributed by atoms with Gasteiger partial charge >= 0.3 is 0 Å². The largest absolute Gasteiger partial charge is 0.362 e. The molecular formula is C14H19Cl3N2O. The van der Waals surface area contributed by atoms with Crippen molar-refractivity contribution >= 4 is 46.4 Å².